The molecule has 0 atom stereocenters. The molecule has 0 aliphatic rings. The maximum absolute atomic E-state index is 12.3. The van der Waals surface area contributed by atoms with Gasteiger partial charge in [-0.15, -0.1) is 6.58 Å². The highest BCUT2D eigenvalue weighted by atomic mass is 16.2. The van der Waals surface area contributed by atoms with E-state index in [0.717, 1.165) is 5.56 Å². The predicted octanol–water partition coefficient (Wildman–Crippen LogP) is 2.62. The van der Waals surface area contributed by atoms with Crippen LogP contribution in [0.3, 0.4) is 0 Å². The van der Waals surface area contributed by atoms with E-state index in [9.17, 15) is 4.79 Å². The van der Waals surface area contributed by atoms with Gasteiger partial charge in [0, 0.05) is 17.8 Å². The van der Waals surface area contributed by atoms with Crippen molar-refractivity contribution in [1.82, 2.24) is 4.90 Å². The fraction of sp³-hybridized carbons (Fsp3) is 0.400. The van der Waals surface area contributed by atoms with Crippen LogP contribution in [0.25, 0.3) is 0 Å². The second kappa shape index (κ2) is 5.71. The van der Waals surface area contributed by atoms with E-state index >= 15 is 0 Å². The third-order valence-corrected chi connectivity index (χ3v) is 2.82. The van der Waals surface area contributed by atoms with E-state index in [4.69, 9.17) is 5.73 Å². The third kappa shape index (κ3) is 3.62. The number of hydrogen-bond donors (Lipinski definition) is 1. The smallest absolute Gasteiger partial charge is 0.227 e. The van der Waals surface area contributed by atoms with Gasteiger partial charge in [0.1, 0.15) is 0 Å². The van der Waals surface area contributed by atoms with Crippen LogP contribution in [-0.2, 0) is 11.2 Å². The zero-order valence-corrected chi connectivity index (χ0v) is 11.4. The van der Waals surface area contributed by atoms with Gasteiger partial charge in [-0.1, -0.05) is 24.3 Å². The second-order valence-electron chi connectivity index (χ2n) is 5.34. The summed E-state index contributed by atoms with van der Waals surface area (Å²) in [6.45, 7) is 10.3. The maximum Gasteiger partial charge on any atom is 0.227 e. The molecule has 0 spiro atoms. The Morgan fingerprint density at radius 3 is 2.50 bits per heavy atom. The number of hydrogen-bond acceptors (Lipinski definition) is 2. The molecular formula is C15H22N2O. The molecule has 0 fully saturated rings. The molecule has 0 radical (unpaired) electrons. The van der Waals surface area contributed by atoms with Gasteiger partial charge in [-0.3, -0.25) is 4.79 Å². The van der Waals surface area contributed by atoms with Gasteiger partial charge in [0.25, 0.3) is 0 Å². The van der Waals surface area contributed by atoms with Gasteiger partial charge >= 0.3 is 0 Å². The van der Waals surface area contributed by atoms with E-state index in [-0.39, 0.29) is 11.4 Å². The lowest BCUT2D eigenvalue weighted by molar-refractivity contribution is -0.134. The highest BCUT2D eigenvalue weighted by Crippen LogP contribution is 2.17. The molecule has 0 bridgehead atoms. The molecule has 1 amide bonds. The minimum absolute atomic E-state index is 0.0697. The minimum atomic E-state index is -0.213. The lowest BCUT2D eigenvalue weighted by Crippen LogP contribution is -2.46. The van der Waals surface area contributed by atoms with Crippen molar-refractivity contribution >= 4 is 11.6 Å². The van der Waals surface area contributed by atoms with Crippen molar-refractivity contribution in [3.63, 3.8) is 0 Å². The molecule has 0 heterocycles. The highest BCUT2D eigenvalue weighted by Gasteiger charge is 2.25. The topological polar surface area (TPSA) is 46.3 Å². The Morgan fingerprint density at radius 2 is 2.00 bits per heavy atom. The predicted molar refractivity (Wildman–Crippen MR) is 76.2 cm³/mol. The van der Waals surface area contributed by atoms with E-state index in [1.807, 2.05) is 49.9 Å². The summed E-state index contributed by atoms with van der Waals surface area (Å²) in [7, 11) is 0. The van der Waals surface area contributed by atoms with Gasteiger partial charge in [-0.25, -0.2) is 0 Å². The largest absolute Gasteiger partial charge is 0.398 e. The molecule has 1 rings (SSSR count). The number of anilines is 1. The molecule has 18 heavy (non-hydrogen) atoms. The Morgan fingerprint density at radius 1 is 1.39 bits per heavy atom. The average Bonchev–Trinajstić information content (AvgIpc) is 2.27. The molecule has 3 heteroatoms. The summed E-state index contributed by atoms with van der Waals surface area (Å²) < 4.78 is 0. The molecule has 0 aliphatic heterocycles. The first-order valence-electron chi connectivity index (χ1n) is 6.11. The van der Waals surface area contributed by atoms with Crippen molar-refractivity contribution in [3.05, 3.63) is 42.5 Å². The average molecular weight is 246 g/mol. The molecule has 98 valence electrons. The van der Waals surface area contributed by atoms with Crippen LogP contribution in [0.2, 0.25) is 0 Å². The Kier molecular flexibility index (Phi) is 4.54. The summed E-state index contributed by atoms with van der Waals surface area (Å²) in [6, 6.07) is 7.47. The SMILES string of the molecule is C=CCN(C(=O)Cc1ccccc1N)C(C)(C)C. The third-order valence-electron chi connectivity index (χ3n) is 2.82. The number of carbonyl (C=O) groups excluding carboxylic acids is 1. The summed E-state index contributed by atoms with van der Waals surface area (Å²) in [5, 5.41) is 0. The van der Waals surface area contributed by atoms with Crippen molar-refractivity contribution in [2.45, 2.75) is 32.7 Å². The van der Waals surface area contributed by atoms with Gasteiger partial charge in [-0.05, 0) is 32.4 Å². The van der Waals surface area contributed by atoms with E-state index in [1.165, 1.54) is 0 Å². The minimum Gasteiger partial charge on any atom is -0.398 e. The van der Waals surface area contributed by atoms with Crippen LogP contribution in [-0.4, -0.2) is 22.9 Å². The van der Waals surface area contributed by atoms with E-state index in [2.05, 4.69) is 6.58 Å². The molecule has 0 unspecified atom stereocenters. The number of benzene rings is 1. The molecule has 0 aromatic heterocycles. The molecule has 2 N–H and O–H groups in total. The van der Waals surface area contributed by atoms with Crippen LogP contribution in [0.4, 0.5) is 5.69 Å². The Bertz CT molecular complexity index is 432. The Balaban J connectivity index is 2.86. The van der Waals surface area contributed by atoms with Crippen molar-refractivity contribution in [1.29, 1.82) is 0 Å². The maximum atomic E-state index is 12.3. The number of rotatable bonds is 4. The number of nitrogens with two attached hydrogens (primary N) is 1. The molecule has 0 saturated carbocycles. The molecular weight excluding hydrogens is 224 g/mol. The van der Waals surface area contributed by atoms with E-state index < -0.39 is 0 Å². The Labute approximate surface area is 109 Å². The van der Waals surface area contributed by atoms with Crippen LogP contribution in [0.5, 0.6) is 0 Å². The standard InChI is InChI=1S/C15H22N2O/c1-5-10-17(15(2,3)4)14(18)11-12-8-6-7-9-13(12)16/h5-9H,1,10-11,16H2,2-4H3. The quantitative estimate of drug-likeness (QED) is 0.655. The Hall–Kier alpha value is -1.77. The molecule has 0 saturated heterocycles. The van der Waals surface area contributed by atoms with Crippen molar-refractivity contribution in [2.24, 2.45) is 0 Å². The number of amides is 1. The van der Waals surface area contributed by atoms with Gasteiger partial charge in [0.2, 0.25) is 5.91 Å². The summed E-state index contributed by atoms with van der Waals surface area (Å²) in [6.07, 6.45) is 2.08. The van der Waals surface area contributed by atoms with Crippen molar-refractivity contribution in [3.8, 4) is 0 Å². The van der Waals surface area contributed by atoms with Crippen LogP contribution in [0.15, 0.2) is 36.9 Å². The monoisotopic (exact) mass is 246 g/mol. The van der Waals surface area contributed by atoms with Gasteiger partial charge in [-0.2, -0.15) is 0 Å². The first-order valence-corrected chi connectivity index (χ1v) is 6.11. The number of nitrogen functional groups attached to an aromatic ring is 1. The van der Waals surface area contributed by atoms with Crippen LogP contribution in [0.1, 0.15) is 26.3 Å². The summed E-state index contributed by atoms with van der Waals surface area (Å²) in [5.74, 6) is 0.0697. The zero-order chi connectivity index (χ0) is 13.8. The highest BCUT2D eigenvalue weighted by molar-refractivity contribution is 5.81. The fourth-order valence-corrected chi connectivity index (χ4v) is 1.83. The lowest BCUT2D eigenvalue weighted by atomic mass is 10.0. The van der Waals surface area contributed by atoms with Gasteiger partial charge in [0.05, 0.1) is 6.42 Å². The van der Waals surface area contributed by atoms with Crippen LogP contribution < -0.4 is 5.73 Å². The molecule has 1 aromatic carbocycles. The zero-order valence-electron chi connectivity index (χ0n) is 11.4. The molecule has 3 nitrogen and oxygen atoms in total. The van der Waals surface area contributed by atoms with Crippen LogP contribution >= 0.6 is 0 Å². The van der Waals surface area contributed by atoms with Crippen molar-refractivity contribution < 1.29 is 4.79 Å². The number of carbonyl (C=O) groups is 1. The van der Waals surface area contributed by atoms with E-state index in [1.54, 1.807) is 6.08 Å². The molecule has 1 aromatic rings. The van der Waals surface area contributed by atoms with Crippen LogP contribution in [0, 0.1) is 0 Å². The van der Waals surface area contributed by atoms with E-state index in [0.29, 0.717) is 18.7 Å². The fourth-order valence-electron chi connectivity index (χ4n) is 1.83. The number of nitrogens with zero attached hydrogens (tertiary/aromatic N) is 1. The van der Waals surface area contributed by atoms with Gasteiger partial charge < -0.3 is 10.6 Å². The number of para-hydroxylation sites is 1. The molecule has 0 aliphatic carbocycles. The summed E-state index contributed by atoms with van der Waals surface area (Å²) >= 11 is 0. The van der Waals surface area contributed by atoms with Crippen molar-refractivity contribution in [2.75, 3.05) is 12.3 Å². The van der Waals surface area contributed by atoms with Gasteiger partial charge in [0.15, 0.2) is 0 Å². The first kappa shape index (κ1) is 14.3. The summed E-state index contributed by atoms with van der Waals surface area (Å²) in [5.41, 5.74) is 7.19. The lowest BCUT2D eigenvalue weighted by Gasteiger charge is -2.35. The normalized spacial score (nSPS) is 11.1. The first-order chi connectivity index (χ1) is 8.36. The summed E-state index contributed by atoms with van der Waals surface area (Å²) in [4.78, 5) is 14.1. The second-order valence-corrected chi connectivity index (χ2v) is 5.34.